The van der Waals surface area contributed by atoms with Crippen LogP contribution >= 0.6 is 0 Å². The molecule has 0 spiro atoms. The van der Waals surface area contributed by atoms with Crippen molar-refractivity contribution in [1.29, 1.82) is 0 Å². The fourth-order valence-electron chi connectivity index (χ4n) is 5.10. The molecule has 5 nitrogen and oxygen atoms in total. The summed E-state index contributed by atoms with van der Waals surface area (Å²) in [6.45, 7) is 2.29. The van der Waals surface area contributed by atoms with Gasteiger partial charge in [-0.2, -0.15) is 0 Å². The van der Waals surface area contributed by atoms with Crippen molar-refractivity contribution >= 4 is 28.8 Å². The number of benzene rings is 4. The molecule has 0 saturated heterocycles. The minimum absolute atomic E-state index is 0.585. The van der Waals surface area contributed by atoms with E-state index in [1.807, 2.05) is 24.4 Å². The lowest BCUT2D eigenvalue weighted by molar-refractivity contribution is 0.653. The Morgan fingerprint density at radius 3 is 2.54 bits per heavy atom. The normalized spacial score (nSPS) is 15.5. The van der Waals surface area contributed by atoms with Crippen molar-refractivity contribution < 1.29 is 0 Å². The molecule has 1 aliphatic heterocycles. The minimum Gasteiger partial charge on any atom is -0.302 e. The van der Waals surface area contributed by atoms with Crippen LogP contribution < -0.4 is 26.8 Å². The van der Waals surface area contributed by atoms with Gasteiger partial charge in [-0.25, -0.2) is 0 Å². The topological polar surface area (TPSA) is 51.4 Å². The predicted octanol–water partition coefficient (Wildman–Crippen LogP) is 6.97. The molecule has 5 heteroatoms. The van der Waals surface area contributed by atoms with Crippen LogP contribution in [0.25, 0.3) is 17.2 Å². The zero-order valence-corrected chi connectivity index (χ0v) is 19.8. The Morgan fingerprint density at radius 1 is 0.829 bits per heavy atom. The SMILES string of the molecule is CCC1Cc2ccccc2-c2cc(/C=C\NN(c3ccccc3)c3ccc4c(c3)NNN4)ccc21. The molecule has 6 rings (SSSR count). The second-order valence-corrected chi connectivity index (χ2v) is 9.05. The van der Waals surface area contributed by atoms with Gasteiger partial charge in [-0.15, -0.1) is 5.53 Å². The van der Waals surface area contributed by atoms with E-state index in [1.54, 1.807) is 0 Å². The standard InChI is InChI=1S/C30H29N5/c1-2-22-19-23-8-6-7-11-26(23)28-18-21(12-14-27(22)28)16-17-31-35(24-9-4-3-5-10-24)25-13-15-29-30(20-25)33-34-32-29/h3-18,20,22,31-34H,2,19H2,1H3/b17-16-. The van der Waals surface area contributed by atoms with E-state index in [0.717, 1.165) is 35.6 Å². The van der Waals surface area contributed by atoms with E-state index >= 15 is 0 Å². The number of hydrazine groups is 3. The van der Waals surface area contributed by atoms with E-state index in [-0.39, 0.29) is 0 Å². The first kappa shape index (κ1) is 21.3. The Hall–Kier alpha value is -4.22. The van der Waals surface area contributed by atoms with Crippen molar-refractivity contribution in [3.05, 3.63) is 114 Å². The van der Waals surface area contributed by atoms with E-state index in [0.29, 0.717) is 5.92 Å². The first-order chi connectivity index (χ1) is 17.3. The maximum atomic E-state index is 3.50. The lowest BCUT2D eigenvalue weighted by Crippen LogP contribution is -2.29. The molecule has 1 atom stereocenters. The van der Waals surface area contributed by atoms with Gasteiger partial charge in [0, 0.05) is 6.20 Å². The highest BCUT2D eigenvalue weighted by Gasteiger charge is 2.23. The molecule has 35 heavy (non-hydrogen) atoms. The molecule has 174 valence electrons. The zero-order chi connectivity index (χ0) is 23.6. The molecule has 1 heterocycles. The Morgan fingerprint density at radius 2 is 1.66 bits per heavy atom. The van der Waals surface area contributed by atoms with Crippen LogP contribution in [-0.2, 0) is 6.42 Å². The van der Waals surface area contributed by atoms with Crippen LogP contribution in [0.5, 0.6) is 0 Å². The summed E-state index contributed by atoms with van der Waals surface area (Å²) >= 11 is 0. The lowest BCUT2D eigenvalue weighted by Gasteiger charge is -2.27. The first-order valence-electron chi connectivity index (χ1n) is 12.2. The molecular formula is C30H29N5. The van der Waals surface area contributed by atoms with Crippen molar-refractivity contribution in [3.63, 3.8) is 0 Å². The summed E-state index contributed by atoms with van der Waals surface area (Å²) in [6, 6.07) is 32.3. The number of nitrogens with zero attached hydrogens (tertiary/aromatic N) is 1. The van der Waals surface area contributed by atoms with E-state index in [1.165, 1.54) is 27.8 Å². The average Bonchev–Trinajstić information content (AvgIpc) is 3.39. The van der Waals surface area contributed by atoms with E-state index < -0.39 is 0 Å². The quantitative estimate of drug-likeness (QED) is 0.235. The molecule has 0 bridgehead atoms. The minimum atomic E-state index is 0.585. The van der Waals surface area contributed by atoms with Crippen LogP contribution in [0, 0.1) is 0 Å². The van der Waals surface area contributed by atoms with Gasteiger partial charge in [-0.3, -0.25) is 5.01 Å². The molecule has 1 aliphatic carbocycles. The molecule has 2 aliphatic rings. The van der Waals surface area contributed by atoms with E-state index in [2.05, 4.69) is 113 Å². The number of fused-ring (bicyclic) bond motifs is 4. The highest BCUT2D eigenvalue weighted by molar-refractivity contribution is 5.79. The molecule has 4 aromatic carbocycles. The fourth-order valence-corrected chi connectivity index (χ4v) is 5.10. The van der Waals surface area contributed by atoms with E-state index in [4.69, 9.17) is 0 Å². The Kier molecular flexibility index (Phi) is 5.60. The molecule has 0 fully saturated rings. The summed E-state index contributed by atoms with van der Waals surface area (Å²) in [6.07, 6.45) is 6.44. The van der Waals surface area contributed by atoms with Crippen molar-refractivity contribution in [2.24, 2.45) is 0 Å². The summed E-state index contributed by atoms with van der Waals surface area (Å²) in [5, 5.41) is 2.08. The molecule has 0 radical (unpaired) electrons. The van der Waals surface area contributed by atoms with Gasteiger partial charge in [0.05, 0.1) is 22.7 Å². The summed E-state index contributed by atoms with van der Waals surface area (Å²) in [4.78, 5) is 0. The second kappa shape index (κ2) is 9.20. The van der Waals surface area contributed by atoms with Crippen molar-refractivity contribution in [1.82, 2.24) is 11.0 Å². The maximum absolute atomic E-state index is 3.50. The Balaban J connectivity index is 1.30. The summed E-state index contributed by atoms with van der Waals surface area (Å²) in [5.74, 6) is 0.585. The molecular weight excluding hydrogens is 430 g/mol. The summed E-state index contributed by atoms with van der Waals surface area (Å²) in [5.41, 5.74) is 23.6. The highest BCUT2D eigenvalue weighted by atomic mass is 15.6. The van der Waals surface area contributed by atoms with Gasteiger partial charge < -0.3 is 16.3 Å². The van der Waals surface area contributed by atoms with E-state index in [9.17, 15) is 0 Å². The van der Waals surface area contributed by atoms with Crippen molar-refractivity contribution in [3.8, 4) is 11.1 Å². The summed E-state index contributed by atoms with van der Waals surface area (Å²) < 4.78 is 0. The van der Waals surface area contributed by atoms with Gasteiger partial charge in [0.25, 0.3) is 0 Å². The third kappa shape index (κ3) is 4.11. The predicted molar refractivity (Wildman–Crippen MR) is 146 cm³/mol. The number of nitrogens with one attached hydrogen (secondary N) is 4. The molecule has 0 saturated carbocycles. The molecule has 4 N–H and O–H groups in total. The molecule has 0 amide bonds. The first-order valence-corrected chi connectivity index (χ1v) is 12.2. The Labute approximate surface area is 206 Å². The number of hydrogen-bond donors (Lipinski definition) is 4. The number of para-hydroxylation sites is 1. The van der Waals surface area contributed by atoms with Gasteiger partial charge >= 0.3 is 0 Å². The second-order valence-electron chi connectivity index (χ2n) is 9.05. The van der Waals surface area contributed by atoms with Gasteiger partial charge in [0.2, 0.25) is 0 Å². The number of hydrogen-bond acceptors (Lipinski definition) is 5. The van der Waals surface area contributed by atoms with Crippen molar-refractivity contribution in [2.75, 3.05) is 15.9 Å². The third-order valence-electron chi connectivity index (χ3n) is 6.93. The fraction of sp³-hybridized carbons (Fsp3) is 0.133. The Bertz CT molecular complexity index is 1380. The van der Waals surface area contributed by atoms with Gasteiger partial charge in [-0.1, -0.05) is 61.5 Å². The van der Waals surface area contributed by atoms with Gasteiger partial charge in [-0.05, 0) is 89.1 Å². The van der Waals surface area contributed by atoms with Crippen LogP contribution in [0.3, 0.4) is 0 Å². The monoisotopic (exact) mass is 459 g/mol. The highest BCUT2D eigenvalue weighted by Crippen LogP contribution is 2.41. The van der Waals surface area contributed by atoms with Crippen LogP contribution in [-0.4, -0.2) is 0 Å². The largest absolute Gasteiger partial charge is 0.302 e. The lowest BCUT2D eigenvalue weighted by atomic mass is 9.77. The number of anilines is 4. The summed E-state index contributed by atoms with van der Waals surface area (Å²) in [7, 11) is 0. The van der Waals surface area contributed by atoms with Crippen molar-refractivity contribution in [2.45, 2.75) is 25.7 Å². The van der Waals surface area contributed by atoms with Gasteiger partial charge in [0.1, 0.15) is 0 Å². The zero-order valence-electron chi connectivity index (χ0n) is 19.8. The number of rotatable bonds is 6. The van der Waals surface area contributed by atoms with Crippen LogP contribution in [0.2, 0.25) is 0 Å². The maximum Gasteiger partial charge on any atom is 0.0772 e. The van der Waals surface area contributed by atoms with Crippen LogP contribution in [0.15, 0.2) is 97.2 Å². The third-order valence-corrected chi connectivity index (χ3v) is 6.93. The molecule has 4 aromatic rings. The van der Waals surface area contributed by atoms with Crippen LogP contribution in [0.1, 0.15) is 36.0 Å². The van der Waals surface area contributed by atoms with Crippen LogP contribution in [0.4, 0.5) is 22.7 Å². The molecule has 0 aromatic heterocycles. The average molecular weight is 460 g/mol. The van der Waals surface area contributed by atoms with Gasteiger partial charge in [0.15, 0.2) is 0 Å². The smallest absolute Gasteiger partial charge is 0.0772 e. The molecule has 1 unspecified atom stereocenters.